The normalized spacial score (nSPS) is 16.6. The van der Waals surface area contributed by atoms with Gasteiger partial charge >= 0.3 is 0 Å². The second-order valence-electron chi connectivity index (χ2n) is 6.95. The average molecular weight is 459 g/mol. The summed E-state index contributed by atoms with van der Waals surface area (Å²) >= 11 is 5.07. The summed E-state index contributed by atoms with van der Waals surface area (Å²) in [7, 11) is 0. The number of aromatic nitrogens is 3. The van der Waals surface area contributed by atoms with Crippen LogP contribution in [0.15, 0.2) is 51.6 Å². The number of benzene rings is 1. The van der Waals surface area contributed by atoms with E-state index in [1.54, 1.807) is 12.3 Å². The minimum absolute atomic E-state index is 0.0154. The molecule has 1 atom stereocenters. The molecular formula is C20H19BrN4O2S. The van der Waals surface area contributed by atoms with Crippen LogP contribution in [0.3, 0.4) is 0 Å². The summed E-state index contributed by atoms with van der Waals surface area (Å²) in [6.45, 7) is 2.03. The summed E-state index contributed by atoms with van der Waals surface area (Å²) in [6, 6.07) is 11.9. The molecule has 8 heteroatoms. The minimum atomic E-state index is -0.0154. The Kier molecular flexibility index (Phi) is 4.70. The molecule has 28 heavy (non-hydrogen) atoms. The predicted molar refractivity (Wildman–Crippen MR) is 112 cm³/mol. The molecule has 144 valence electrons. The molecule has 0 saturated carbocycles. The molecular weight excluding hydrogens is 440 g/mol. The van der Waals surface area contributed by atoms with Crippen LogP contribution in [0.5, 0.6) is 5.88 Å². The molecule has 0 bridgehead atoms. The molecule has 4 heterocycles. The first kappa shape index (κ1) is 17.9. The van der Waals surface area contributed by atoms with Crippen molar-refractivity contribution in [3.05, 3.63) is 57.6 Å². The fraction of sp³-hybridized carbons (Fsp3) is 0.300. The van der Waals surface area contributed by atoms with Gasteiger partial charge in [0, 0.05) is 4.47 Å². The molecule has 5 rings (SSSR count). The fourth-order valence-electron chi connectivity index (χ4n) is 3.82. The van der Waals surface area contributed by atoms with Crippen molar-refractivity contribution in [3.8, 4) is 17.5 Å². The lowest BCUT2D eigenvalue weighted by molar-refractivity contribution is 0.186. The van der Waals surface area contributed by atoms with Gasteiger partial charge in [-0.1, -0.05) is 45.8 Å². The van der Waals surface area contributed by atoms with Gasteiger partial charge in [-0.2, -0.15) is 9.50 Å². The third-order valence-electron chi connectivity index (χ3n) is 5.11. The molecule has 4 aromatic rings. The second-order valence-corrected chi connectivity index (χ2v) is 8.88. The molecule has 1 aliphatic heterocycles. The molecule has 1 aromatic carbocycles. The summed E-state index contributed by atoms with van der Waals surface area (Å²) < 4.78 is 7.94. The summed E-state index contributed by atoms with van der Waals surface area (Å²) in [5.74, 6) is 1.23. The summed E-state index contributed by atoms with van der Waals surface area (Å²) in [5.41, 5.74) is 1.15. The van der Waals surface area contributed by atoms with E-state index in [0.29, 0.717) is 16.5 Å². The van der Waals surface area contributed by atoms with Crippen molar-refractivity contribution >= 4 is 32.2 Å². The number of likely N-dealkylation sites (tertiary alicyclic amines) is 1. The number of fused-ring (bicyclic) bond motifs is 1. The summed E-state index contributed by atoms with van der Waals surface area (Å²) in [5, 5.41) is 15.5. The van der Waals surface area contributed by atoms with Gasteiger partial charge in [-0.3, -0.25) is 4.90 Å². The van der Waals surface area contributed by atoms with Crippen LogP contribution in [0.25, 0.3) is 16.5 Å². The SMILES string of the molecule is Oc1c([C@H](c2cccc(Br)c2)N2CCCCC2)sc2nc(-c3ccco3)nn12. The number of thiazole rings is 1. The quantitative estimate of drug-likeness (QED) is 0.460. The van der Waals surface area contributed by atoms with Crippen LogP contribution in [0, 0.1) is 0 Å². The van der Waals surface area contributed by atoms with Gasteiger partial charge in [0.25, 0.3) is 0 Å². The highest BCUT2D eigenvalue weighted by molar-refractivity contribution is 9.10. The van der Waals surface area contributed by atoms with E-state index in [9.17, 15) is 5.11 Å². The van der Waals surface area contributed by atoms with Gasteiger partial charge in [-0.05, 0) is 55.8 Å². The largest absolute Gasteiger partial charge is 0.492 e. The Morgan fingerprint density at radius 1 is 1.14 bits per heavy atom. The Morgan fingerprint density at radius 3 is 2.71 bits per heavy atom. The average Bonchev–Trinajstić information content (AvgIpc) is 3.42. The van der Waals surface area contributed by atoms with E-state index in [1.165, 1.54) is 35.1 Å². The van der Waals surface area contributed by atoms with Crippen LogP contribution in [-0.4, -0.2) is 37.7 Å². The lowest BCUT2D eigenvalue weighted by Crippen LogP contribution is -2.34. The molecule has 1 aliphatic rings. The molecule has 0 spiro atoms. The Hall–Kier alpha value is -2.16. The van der Waals surface area contributed by atoms with Gasteiger partial charge in [-0.25, -0.2) is 0 Å². The van der Waals surface area contributed by atoms with Gasteiger partial charge in [0.2, 0.25) is 16.7 Å². The number of hydrogen-bond donors (Lipinski definition) is 1. The van der Waals surface area contributed by atoms with Crippen LogP contribution in [0.2, 0.25) is 0 Å². The lowest BCUT2D eigenvalue weighted by Gasteiger charge is -2.34. The Balaban J connectivity index is 1.60. The molecule has 1 N–H and O–H groups in total. The van der Waals surface area contributed by atoms with Crippen LogP contribution in [-0.2, 0) is 0 Å². The zero-order chi connectivity index (χ0) is 19.1. The van der Waals surface area contributed by atoms with E-state index in [-0.39, 0.29) is 11.9 Å². The van der Waals surface area contributed by atoms with Crippen molar-refractivity contribution in [2.75, 3.05) is 13.1 Å². The fourth-order valence-corrected chi connectivity index (χ4v) is 5.35. The highest BCUT2D eigenvalue weighted by Gasteiger charge is 2.30. The van der Waals surface area contributed by atoms with Crippen molar-refractivity contribution in [2.24, 2.45) is 0 Å². The monoisotopic (exact) mass is 458 g/mol. The van der Waals surface area contributed by atoms with Crippen LogP contribution in [0.4, 0.5) is 0 Å². The topological polar surface area (TPSA) is 66.8 Å². The highest BCUT2D eigenvalue weighted by atomic mass is 79.9. The summed E-state index contributed by atoms with van der Waals surface area (Å²) in [4.78, 5) is 8.55. The lowest BCUT2D eigenvalue weighted by atomic mass is 10.0. The van der Waals surface area contributed by atoms with Gasteiger partial charge in [0.15, 0.2) is 5.76 Å². The molecule has 1 saturated heterocycles. The molecule has 0 unspecified atom stereocenters. The third kappa shape index (κ3) is 3.15. The first-order chi connectivity index (χ1) is 13.7. The number of hydrogen-bond acceptors (Lipinski definition) is 6. The minimum Gasteiger partial charge on any atom is -0.492 e. The third-order valence-corrected chi connectivity index (χ3v) is 6.68. The number of furan rings is 1. The van der Waals surface area contributed by atoms with Crippen LogP contribution < -0.4 is 0 Å². The Bertz CT molecular complexity index is 1100. The molecule has 0 amide bonds. The van der Waals surface area contributed by atoms with Crippen molar-refractivity contribution in [2.45, 2.75) is 25.3 Å². The van der Waals surface area contributed by atoms with Gasteiger partial charge < -0.3 is 9.52 Å². The number of nitrogens with zero attached hydrogens (tertiary/aromatic N) is 4. The van der Waals surface area contributed by atoms with Crippen molar-refractivity contribution < 1.29 is 9.52 Å². The highest BCUT2D eigenvalue weighted by Crippen LogP contribution is 2.41. The standard InChI is InChI=1S/C20H19BrN4O2S/c21-14-7-4-6-13(12-14)16(24-9-2-1-3-10-24)17-19(26)25-20(28-17)22-18(23-25)15-8-5-11-27-15/h4-8,11-12,16,26H,1-3,9-10H2/t16-/m0/s1. The molecule has 3 aromatic heterocycles. The first-order valence-corrected chi connectivity index (χ1v) is 10.9. The number of rotatable bonds is 4. The van der Waals surface area contributed by atoms with E-state index < -0.39 is 0 Å². The van der Waals surface area contributed by atoms with Gasteiger partial charge in [0.05, 0.1) is 17.2 Å². The molecule has 0 aliphatic carbocycles. The van der Waals surface area contributed by atoms with Crippen molar-refractivity contribution in [3.63, 3.8) is 0 Å². The van der Waals surface area contributed by atoms with E-state index in [2.05, 4.69) is 43.0 Å². The maximum absolute atomic E-state index is 11.0. The molecule has 1 fully saturated rings. The Morgan fingerprint density at radius 2 is 2.00 bits per heavy atom. The zero-order valence-corrected chi connectivity index (χ0v) is 17.5. The van der Waals surface area contributed by atoms with Crippen LogP contribution >= 0.6 is 27.3 Å². The van der Waals surface area contributed by atoms with E-state index >= 15 is 0 Å². The van der Waals surface area contributed by atoms with E-state index in [4.69, 9.17) is 4.42 Å². The molecule has 0 radical (unpaired) electrons. The summed E-state index contributed by atoms with van der Waals surface area (Å²) in [6.07, 6.45) is 5.20. The van der Waals surface area contributed by atoms with E-state index in [1.807, 2.05) is 18.2 Å². The number of aromatic hydroxyl groups is 1. The van der Waals surface area contributed by atoms with Crippen molar-refractivity contribution in [1.82, 2.24) is 19.5 Å². The maximum atomic E-state index is 11.0. The maximum Gasteiger partial charge on any atom is 0.230 e. The van der Waals surface area contributed by atoms with Gasteiger partial charge in [0.1, 0.15) is 0 Å². The molecule has 6 nitrogen and oxygen atoms in total. The van der Waals surface area contributed by atoms with E-state index in [0.717, 1.165) is 28.0 Å². The van der Waals surface area contributed by atoms with Crippen molar-refractivity contribution in [1.29, 1.82) is 0 Å². The second kappa shape index (κ2) is 7.35. The number of halogens is 1. The van der Waals surface area contributed by atoms with Gasteiger partial charge in [-0.15, -0.1) is 5.10 Å². The Labute approximate surface area is 174 Å². The first-order valence-electron chi connectivity index (χ1n) is 9.32. The number of piperidine rings is 1. The predicted octanol–water partition coefficient (Wildman–Crippen LogP) is 5.09. The smallest absolute Gasteiger partial charge is 0.230 e. The zero-order valence-electron chi connectivity index (χ0n) is 15.1. The van der Waals surface area contributed by atoms with Crippen LogP contribution in [0.1, 0.15) is 35.7 Å².